The maximum absolute atomic E-state index is 13.4. The zero-order valence-corrected chi connectivity index (χ0v) is 24.2. The number of ketones is 1. The van der Waals surface area contributed by atoms with E-state index in [-0.39, 0.29) is 17.6 Å². The second kappa shape index (κ2) is 12.0. The van der Waals surface area contributed by atoms with Crippen LogP contribution in [0.2, 0.25) is 0 Å². The third-order valence-corrected chi connectivity index (χ3v) is 7.84. The Hall–Kier alpha value is -5.21. The zero-order chi connectivity index (χ0) is 29.9. The van der Waals surface area contributed by atoms with Crippen LogP contribution in [0.3, 0.4) is 0 Å². The van der Waals surface area contributed by atoms with Crippen LogP contribution in [-0.4, -0.2) is 66.1 Å². The molecule has 6 rings (SSSR count). The van der Waals surface area contributed by atoms with E-state index < -0.39 is 0 Å². The van der Waals surface area contributed by atoms with Crippen molar-refractivity contribution in [3.63, 3.8) is 0 Å². The summed E-state index contributed by atoms with van der Waals surface area (Å²) in [5, 5.41) is 14.3. The number of aryl methyl sites for hydroxylation is 1. The van der Waals surface area contributed by atoms with Gasteiger partial charge in [-0.15, -0.1) is 0 Å². The van der Waals surface area contributed by atoms with Gasteiger partial charge in [0.2, 0.25) is 0 Å². The van der Waals surface area contributed by atoms with Crippen molar-refractivity contribution in [1.29, 1.82) is 0 Å². The fraction of sp³-hybridized carbons (Fsp3) is 0.171. The Morgan fingerprint density at radius 1 is 0.860 bits per heavy atom. The van der Waals surface area contributed by atoms with E-state index in [1.807, 2.05) is 31.2 Å². The first kappa shape index (κ1) is 27.9. The maximum Gasteiger partial charge on any atom is 0.255 e. The number of hydrogen-bond acceptors (Lipinski definition) is 6. The predicted octanol–water partition coefficient (Wildman–Crippen LogP) is 6.17. The molecule has 0 atom stereocenters. The molecule has 43 heavy (non-hydrogen) atoms. The summed E-state index contributed by atoms with van der Waals surface area (Å²) in [7, 11) is 2.14. The topological polar surface area (TPSA) is 101 Å². The number of rotatable bonds is 7. The van der Waals surface area contributed by atoms with E-state index in [1.54, 1.807) is 60.8 Å². The molecule has 0 radical (unpaired) electrons. The lowest BCUT2D eigenvalue weighted by Gasteiger charge is -2.34. The van der Waals surface area contributed by atoms with Crippen molar-refractivity contribution in [1.82, 2.24) is 9.88 Å². The molecule has 1 aliphatic rings. The minimum Gasteiger partial charge on any atom is -0.494 e. The number of H-pyrrole nitrogens is 1. The highest BCUT2D eigenvalue weighted by molar-refractivity contribution is 6.13. The van der Waals surface area contributed by atoms with Crippen LogP contribution in [0.4, 0.5) is 17.1 Å². The molecule has 1 saturated heterocycles. The number of amides is 1. The summed E-state index contributed by atoms with van der Waals surface area (Å²) >= 11 is 0. The summed E-state index contributed by atoms with van der Waals surface area (Å²) in [5.41, 5.74) is 6.19. The lowest BCUT2D eigenvalue weighted by Crippen LogP contribution is -2.44. The van der Waals surface area contributed by atoms with Crippen molar-refractivity contribution in [2.24, 2.45) is 4.99 Å². The summed E-state index contributed by atoms with van der Waals surface area (Å²) in [5.74, 6) is -0.454. The molecule has 1 fully saturated rings. The minimum atomic E-state index is -0.243. The second-order valence-corrected chi connectivity index (χ2v) is 10.9. The number of aromatic hydroxyl groups is 1. The van der Waals surface area contributed by atoms with Crippen LogP contribution in [0.15, 0.2) is 96.0 Å². The molecule has 0 aliphatic carbocycles. The van der Waals surface area contributed by atoms with E-state index in [2.05, 4.69) is 44.3 Å². The molecule has 3 N–H and O–H groups in total. The molecule has 0 bridgehead atoms. The lowest BCUT2D eigenvalue weighted by molar-refractivity contribution is 0.102. The van der Waals surface area contributed by atoms with E-state index in [0.29, 0.717) is 33.5 Å². The van der Waals surface area contributed by atoms with Gasteiger partial charge in [0.05, 0.1) is 11.3 Å². The number of aromatic amines is 1. The Labute approximate surface area is 250 Å². The van der Waals surface area contributed by atoms with Crippen LogP contribution in [0.25, 0.3) is 10.9 Å². The lowest BCUT2D eigenvalue weighted by atomic mass is 10.0. The van der Waals surface area contributed by atoms with Gasteiger partial charge in [-0.3, -0.25) is 14.6 Å². The van der Waals surface area contributed by atoms with Gasteiger partial charge in [-0.1, -0.05) is 42.0 Å². The molecule has 216 valence electrons. The number of anilines is 2. The van der Waals surface area contributed by atoms with Crippen LogP contribution in [0, 0.1) is 6.92 Å². The molecule has 5 aromatic rings. The van der Waals surface area contributed by atoms with E-state index in [9.17, 15) is 14.7 Å². The van der Waals surface area contributed by atoms with Crippen molar-refractivity contribution in [2.75, 3.05) is 43.4 Å². The number of carbonyl (C=O) groups is 2. The monoisotopic (exact) mass is 571 g/mol. The number of nitrogens with one attached hydrogen (secondary N) is 2. The largest absolute Gasteiger partial charge is 0.494 e. The molecule has 4 aromatic carbocycles. The van der Waals surface area contributed by atoms with Gasteiger partial charge in [0.1, 0.15) is 0 Å². The number of benzene rings is 4. The van der Waals surface area contributed by atoms with Crippen molar-refractivity contribution in [3.8, 4) is 5.88 Å². The van der Waals surface area contributed by atoms with E-state index >= 15 is 0 Å². The van der Waals surface area contributed by atoms with Gasteiger partial charge in [-0.05, 0) is 68.6 Å². The number of aromatic nitrogens is 1. The number of aliphatic imine (C=N–C) groups is 1. The van der Waals surface area contributed by atoms with Crippen LogP contribution in [-0.2, 0) is 0 Å². The van der Waals surface area contributed by atoms with Gasteiger partial charge in [0.25, 0.3) is 5.91 Å². The average Bonchev–Trinajstić information content (AvgIpc) is 3.34. The normalized spacial score (nSPS) is 14.0. The number of carbonyl (C=O) groups excluding carboxylic acids is 2. The number of likely N-dealkylation sites (N-methyl/N-ethyl adjacent to an activating group) is 1. The first-order valence-electron chi connectivity index (χ1n) is 14.3. The van der Waals surface area contributed by atoms with Crippen molar-refractivity contribution in [3.05, 3.63) is 119 Å². The third kappa shape index (κ3) is 6.19. The summed E-state index contributed by atoms with van der Waals surface area (Å²) in [6.07, 6.45) is 1.64. The molecule has 2 heterocycles. The maximum atomic E-state index is 13.4. The Morgan fingerprint density at radius 2 is 1.56 bits per heavy atom. The number of fused-ring (bicyclic) bond motifs is 1. The summed E-state index contributed by atoms with van der Waals surface area (Å²) in [4.78, 5) is 38.3. The molecule has 0 spiro atoms. The number of piperazine rings is 1. The Kier molecular flexibility index (Phi) is 7.77. The van der Waals surface area contributed by atoms with Gasteiger partial charge >= 0.3 is 0 Å². The van der Waals surface area contributed by atoms with Crippen molar-refractivity contribution < 1.29 is 14.7 Å². The molecular formula is C35H33N5O3. The van der Waals surface area contributed by atoms with Gasteiger partial charge in [0, 0.05) is 71.4 Å². The van der Waals surface area contributed by atoms with Crippen LogP contribution >= 0.6 is 0 Å². The molecule has 1 amide bonds. The third-order valence-electron chi connectivity index (χ3n) is 7.84. The Balaban J connectivity index is 1.17. The molecule has 8 nitrogen and oxygen atoms in total. The molecule has 1 aromatic heterocycles. The van der Waals surface area contributed by atoms with Gasteiger partial charge < -0.3 is 25.2 Å². The smallest absolute Gasteiger partial charge is 0.255 e. The summed E-state index contributed by atoms with van der Waals surface area (Å²) in [6.45, 7) is 6.07. The molecular weight excluding hydrogens is 538 g/mol. The first-order chi connectivity index (χ1) is 20.8. The highest BCUT2D eigenvalue weighted by Crippen LogP contribution is 2.29. The highest BCUT2D eigenvalue weighted by Gasteiger charge is 2.16. The van der Waals surface area contributed by atoms with Crippen LogP contribution in [0.1, 0.15) is 37.4 Å². The van der Waals surface area contributed by atoms with Gasteiger partial charge in [0.15, 0.2) is 11.7 Å². The fourth-order valence-electron chi connectivity index (χ4n) is 5.24. The summed E-state index contributed by atoms with van der Waals surface area (Å²) < 4.78 is 0. The molecule has 0 saturated carbocycles. The molecule has 0 unspecified atom stereocenters. The van der Waals surface area contributed by atoms with Crippen molar-refractivity contribution >= 4 is 45.9 Å². The Bertz CT molecular complexity index is 1820. The van der Waals surface area contributed by atoms with Crippen LogP contribution < -0.4 is 10.2 Å². The van der Waals surface area contributed by atoms with Gasteiger partial charge in [-0.2, -0.15) is 0 Å². The number of hydrogen-bond donors (Lipinski definition) is 3. The Morgan fingerprint density at radius 3 is 2.30 bits per heavy atom. The molecule has 8 heteroatoms. The summed E-state index contributed by atoms with van der Waals surface area (Å²) in [6, 6.07) is 27.5. The van der Waals surface area contributed by atoms with Gasteiger partial charge in [-0.25, -0.2) is 0 Å². The predicted molar refractivity (Wildman–Crippen MR) is 172 cm³/mol. The first-order valence-corrected chi connectivity index (χ1v) is 14.3. The quantitative estimate of drug-likeness (QED) is 0.160. The fourth-order valence-corrected chi connectivity index (χ4v) is 5.24. The zero-order valence-electron chi connectivity index (χ0n) is 24.2. The van der Waals surface area contributed by atoms with E-state index in [1.165, 1.54) is 5.69 Å². The standard InChI is InChI=1S/C35H33N5O3/c1-23-6-8-24(9-7-23)34(42)37-28-5-3-4-25(20-28)33(41)26-10-15-30-31(35(43)38-32(30)21-26)22-36-27-11-13-29(14-12-27)40-18-16-39(2)17-19-40/h3-15,20-22,38,43H,16-19H2,1-2H3,(H,37,42). The van der Waals surface area contributed by atoms with E-state index in [0.717, 1.165) is 42.8 Å². The SMILES string of the molecule is Cc1ccc(C(=O)Nc2cccc(C(=O)c3ccc4c(C=Nc5ccc(N6CCN(C)CC6)cc5)c(O)[nH]c4c3)c2)cc1. The highest BCUT2D eigenvalue weighted by atomic mass is 16.3. The van der Waals surface area contributed by atoms with Crippen LogP contribution in [0.5, 0.6) is 5.88 Å². The second-order valence-electron chi connectivity index (χ2n) is 10.9. The average molecular weight is 572 g/mol. The molecule has 1 aliphatic heterocycles. The van der Waals surface area contributed by atoms with Crippen molar-refractivity contribution in [2.45, 2.75) is 6.92 Å². The van der Waals surface area contributed by atoms with E-state index in [4.69, 9.17) is 0 Å². The number of nitrogens with zero attached hydrogens (tertiary/aromatic N) is 3. The minimum absolute atomic E-state index is 0.0155.